The van der Waals surface area contributed by atoms with Crippen LogP contribution in [-0.4, -0.2) is 34.9 Å². The molecule has 4 nitrogen and oxygen atoms in total. The van der Waals surface area contributed by atoms with E-state index >= 15 is 0 Å². The molecule has 1 atom stereocenters. The van der Waals surface area contributed by atoms with Crippen LogP contribution in [0.1, 0.15) is 39.1 Å². The van der Waals surface area contributed by atoms with Gasteiger partial charge >= 0.3 is 0 Å². The zero-order valence-electron chi connectivity index (χ0n) is 13.9. The largest absolute Gasteiger partial charge is 0.350 e. The highest BCUT2D eigenvalue weighted by Gasteiger charge is 2.22. The Morgan fingerprint density at radius 3 is 3.00 bits per heavy atom. The molecule has 1 aliphatic rings. The van der Waals surface area contributed by atoms with E-state index in [1.807, 2.05) is 37.3 Å². The minimum atomic E-state index is -0.0323. The summed E-state index contributed by atoms with van der Waals surface area (Å²) in [6.07, 6.45) is 1.12. The molecule has 1 amide bonds. The zero-order chi connectivity index (χ0) is 16.4. The second kappa shape index (κ2) is 6.81. The van der Waals surface area contributed by atoms with E-state index in [1.165, 1.54) is 10.4 Å². The summed E-state index contributed by atoms with van der Waals surface area (Å²) in [6.45, 7) is 8.71. The number of hydrogen-bond donors (Lipinski definition) is 1. The molecule has 0 aliphatic carbocycles. The number of aryl methyl sites for hydroxylation is 2. The summed E-state index contributed by atoms with van der Waals surface area (Å²) in [5, 5.41) is 5.23. The van der Waals surface area contributed by atoms with Crippen molar-refractivity contribution in [3.05, 3.63) is 51.0 Å². The summed E-state index contributed by atoms with van der Waals surface area (Å²) in [4.78, 5) is 20.7. The van der Waals surface area contributed by atoms with E-state index in [0.717, 1.165) is 30.9 Å². The molecule has 122 valence electrons. The minimum absolute atomic E-state index is 0.0323. The van der Waals surface area contributed by atoms with Gasteiger partial charge in [0.05, 0.1) is 11.3 Å². The molecule has 1 aliphatic heterocycles. The number of fused-ring (bicyclic) bond motifs is 1. The van der Waals surface area contributed by atoms with Gasteiger partial charge in [0.2, 0.25) is 0 Å². The fourth-order valence-corrected chi connectivity index (χ4v) is 3.93. The Labute approximate surface area is 141 Å². The van der Waals surface area contributed by atoms with E-state index in [2.05, 4.69) is 33.6 Å². The van der Waals surface area contributed by atoms with Crippen LogP contribution in [0.4, 0.5) is 0 Å². The summed E-state index contributed by atoms with van der Waals surface area (Å²) in [5.41, 5.74) is 3.84. The van der Waals surface area contributed by atoms with Crippen molar-refractivity contribution in [2.24, 2.45) is 0 Å². The summed E-state index contributed by atoms with van der Waals surface area (Å²) < 4.78 is 0. The van der Waals surface area contributed by atoms with Gasteiger partial charge in [-0.05, 0) is 56.3 Å². The van der Waals surface area contributed by atoms with E-state index in [-0.39, 0.29) is 5.91 Å². The number of pyridine rings is 1. The molecule has 0 saturated carbocycles. The SMILES string of the molecule is Cc1ccc(C(=O)NC[C@@H](C)N2CCc3sccc3C2)c(C)n1. The predicted octanol–water partition coefficient (Wildman–Crippen LogP) is 2.94. The second-order valence-corrected chi connectivity index (χ2v) is 7.23. The van der Waals surface area contributed by atoms with Crippen LogP contribution in [0.5, 0.6) is 0 Å². The van der Waals surface area contributed by atoms with Crippen molar-refractivity contribution in [2.45, 2.75) is 39.8 Å². The number of nitrogens with zero attached hydrogens (tertiary/aromatic N) is 2. The van der Waals surface area contributed by atoms with Gasteiger partial charge in [0.1, 0.15) is 0 Å². The molecule has 0 radical (unpaired) electrons. The molecule has 23 heavy (non-hydrogen) atoms. The number of nitrogens with one attached hydrogen (secondary N) is 1. The smallest absolute Gasteiger partial charge is 0.253 e. The van der Waals surface area contributed by atoms with Crippen LogP contribution in [0.15, 0.2) is 23.6 Å². The number of amides is 1. The monoisotopic (exact) mass is 329 g/mol. The minimum Gasteiger partial charge on any atom is -0.350 e. The Balaban J connectivity index is 1.57. The quantitative estimate of drug-likeness (QED) is 0.938. The Bertz CT molecular complexity index is 710. The average Bonchev–Trinajstić information content (AvgIpc) is 2.99. The maximum Gasteiger partial charge on any atom is 0.253 e. The van der Waals surface area contributed by atoms with Gasteiger partial charge in [-0.2, -0.15) is 0 Å². The molecule has 0 spiro atoms. The van der Waals surface area contributed by atoms with Crippen molar-refractivity contribution >= 4 is 17.2 Å². The van der Waals surface area contributed by atoms with E-state index in [1.54, 1.807) is 0 Å². The van der Waals surface area contributed by atoms with Crippen molar-refractivity contribution < 1.29 is 4.79 Å². The Morgan fingerprint density at radius 2 is 2.22 bits per heavy atom. The van der Waals surface area contributed by atoms with Crippen molar-refractivity contribution in [2.75, 3.05) is 13.1 Å². The molecule has 0 aromatic carbocycles. The lowest BCUT2D eigenvalue weighted by Gasteiger charge is -2.32. The van der Waals surface area contributed by atoms with Gasteiger partial charge in [-0.15, -0.1) is 11.3 Å². The van der Waals surface area contributed by atoms with E-state index < -0.39 is 0 Å². The number of aromatic nitrogens is 1. The van der Waals surface area contributed by atoms with Crippen LogP contribution in [0.25, 0.3) is 0 Å². The molecule has 0 unspecified atom stereocenters. The number of carbonyl (C=O) groups is 1. The zero-order valence-corrected chi connectivity index (χ0v) is 14.7. The maximum absolute atomic E-state index is 12.4. The highest BCUT2D eigenvalue weighted by molar-refractivity contribution is 7.10. The third kappa shape index (κ3) is 3.62. The fourth-order valence-electron chi connectivity index (χ4n) is 3.04. The van der Waals surface area contributed by atoms with Crippen molar-refractivity contribution in [1.29, 1.82) is 0 Å². The van der Waals surface area contributed by atoms with Crippen LogP contribution < -0.4 is 5.32 Å². The van der Waals surface area contributed by atoms with Crippen molar-refractivity contribution in [1.82, 2.24) is 15.2 Å². The van der Waals surface area contributed by atoms with Gasteiger partial charge in [0.15, 0.2) is 0 Å². The topological polar surface area (TPSA) is 45.2 Å². The number of thiophene rings is 1. The number of rotatable bonds is 4. The molecular formula is C18H23N3OS. The summed E-state index contributed by atoms with van der Waals surface area (Å²) >= 11 is 1.85. The molecule has 3 rings (SSSR count). The summed E-state index contributed by atoms with van der Waals surface area (Å²) in [7, 11) is 0. The molecule has 0 bridgehead atoms. The lowest BCUT2D eigenvalue weighted by molar-refractivity contribution is 0.0931. The Morgan fingerprint density at radius 1 is 1.39 bits per heavy atom. The standard InChI is InChI=1S/C18H23N3OS/c1-12-4-5-16(14(3)20-12)18(22)19-10-13(2)21-8-6-17-15(11-21)7-9-23-17/h4-5,7,9,13H,6,8,10-11H2,1-3H3,(H,19,22)/t13-/m1/s1. The van der Waals surface area contributed by atoms with Gasteiger partial charge in [0, 0.05) is 36.2 Å². The summed E-state index contributed by atoms with van der Waals surface area (Å²) in [5.74, 6) is -0.0323. The van der Waals surface area contributed by atoms with Crippen molar-refractivity contribution in [3.8, 4) is 0 Å². The molecule has 2 aromatic heterocycles. The van der Waals surface area contributed by atoms with Gasteiger partial charge in [-0.3, -0.25) is 14.7 Å². The normalized spacial score (nSPS) is 16.0. The first-order chi connectivity index (χ1) is 11.0. The van der Waals surface area contributed by atoms with Crippen molar-refractivity contribution in [3.63, 3.8) is 0 Å². The molecule has 5 heteroatoms. The lowest BCUT2D eigenvalue weighted by Crippen LogP contribution is -2.44. The molecule has 1 N–H and O–H groups in total. The fraction of sp³-hybridized carbons (Fsp3) is 0.444. The first-order valence-electron chi connectivity index (χ1n) is 8.06. The van der Waals surface area contributed by atoms with Gasteiger partial charge in [-0.25, -0.2) is 0 Å². The lowest BCUT2D eigenvalue weighted by atomic mass is 10.1. The predicted molar refractivity (Wildman–Crippen MR) is 93.9 cm³/mol. The van der Waals surface area contributed by atoms with Crippen LogP contribution in [0.2, 0.25) is 0 Å². The molecular weight excluding hydrogens is 306 g/mol. The third-order valence-electron chi connectivity index (χ3n) is 4.49. The second-order valence-electron chi connectivity index (χ2n) is 6.23. The third-order valence-corrected chi connectivity index (χ3v) is 5.51. The van der Waals surface area contributed by atoms with Gasteiger partial charge in [0.25, 0.3) is 5.91 Å². The number of hydrogen-bond acceptors (Lipinski definition) is 4. The first kappa shape index (κ1) is 16.1. The summed E-state index contributed by atoms with van der Waals surface area (Å²) in [6, 6.07) is 6.29. The first-order valence-corrected chi connectivity index (χ1v) is 8.94. The average molecular weight is 329 g/mol. The van der Waals surface area contributed by atoms with Gasteiger partial charge < -0.3 is 5.32 Å². The van der Waals surface area contributed by atoms with E-state index in [4.69, 9.17) is 0 Å². The van der Waals surface area contributed by atoms with Gasteiger partial charge in [-0.1, -0.05) is 0 Å². The molecule has 0 fully saturated rings. The van der Waals surface area contributed by atoms with Crippen LogP contribution in [0.3, 0.4) is 0 Å². The molecule has 3 heterocycles. The van der Waals surface area contributed by atoms with E-state index in [0.29, 0.717) is 18.2 Å². The Hall–Kier alpha value is -1.72. The Kier molecular flexibility index (Phi) is 4.78. The highest BCUT2D eigenvalue weighted by Crippen LogP contribution is 2.25. The maximum atomic E-state index is 12.4. The highest BCUT2D eigenvalue weighted by atomic mass is 32.1. The van der Waals surface area contributed by atoms with Crippen LogP contribution in [-0.2, 0) is 13.0 Å². The number of carbonyl (C=O) groups excluding carboxylic acids is 1. The van der Waals surface area contributed by atoms with Crippen LogP contribution in [0, 0.1) is 13.8 Å². The molecule has 2 aromatic rings. The molecule has 0 saturated heterocycles. The van der Waals surface area contributed by atoms with Crippen LogP contribution >= 0.6 is 11.3 Å². The van der Waals surface area contributed by atoms with E-state index in [9.17, 15) is 4.79 Å².